The molecule has 2 aromatic rings. The standard InChI is InChI=1S/C12H16N6O2/c1-7(2)16-11-9(12(19)20-3)10(13)18(17-11)8-4-5-14-6-15-8/h4-7H,13H2,1-3H3,(H,16,17). The van der Waals surface area contributed by atoms with Gasteiger partial charge in [-0.2, -0.15) is 4.68 Å². The predicted octanol–water partition coefficient (Wildman–Crippen LogP) is 0.851. The first kappa shape index (κ1) is 13.8. The third kappa shape index (κ3) is 2.53. The van der Waals surface area contributed by atoms with E-state index in [0.717, 1.165) is 0 Å². The van der Waals surface area contributed by atoms with Gasteiger partial charge in [-0.15, -0.1) is 5.10 Å². The van der Waals surface area contributed by atoms with E-state index in [1.54, 1.807) is 12.3 Å². The highest BCUT2D eigenvalue weighted by atomic mass is 16.5. The Hall–Kier alpha value is -2.64. The first-order chi connectivity index (χ1) is 9.54. The number of rotatable bonds is 4. The number of hydrogen-bond acceptors (Lipinski definition) is 7. The van der Waals surface area contributed by atoms with Crippen molar-refractivity contribution in [2.75, 3.05) is 18.2 Å². The minimum absolute atomic E-state index is 0.0894. The summed E-state index contributed by atoms with van der Waals surface area (Å²) < 4.78 is 6.12. The van der Waals surface area contributed by atoms with Crippen LogP contribution in [0, 0.1) is 0 Å². The molecule has 2 aromatic heterocycles. The number of nitrogens with zero attached hydrogens (tertiary/aromatic N) is 4. The summed E-state index contributed by atoms with van der Waals surface area (Å²) in [5, 5.41) is 7.34. The Labute approximate surface area is 116 Å². The number of methoxy groups -OCH3 is 1. The second-order valence-corrected chi connectivity index (χ2v) is 4.38. The maximum absolute atomic E-state index is 11.9. The minimum Gasteiger partial charge on any atom is -0.465 e. The molecule has 0 aliphatic rings. The molecule has 0 bridgehead atoms. The van der Waals surface area contributed by atoms with Crippen LogP contribution in [0.25, 0.3) is 5.82 Å². The Balaban J connectivity index is 2.55. The molecular formula is C12H16N6O2. The van der Waals surface area contributed by atoms with Gasteiger partial charge >= 0.3 is 5.97 Å². The number of nitrogens with one attached hydrogen (secondary N) is 1. The predicted molar refractivity (Wildman–Crippen MR) is 73.7 cm³/mol. The van der Waals surface area contributed by atoms with Crippen LogP contribution in [0.4, 0.5) is 11.6 Å². The van der Waals surface area contributed by atoms with Gasteiger partial charge in [-0.1, -0.05) is 0 Å². The Morgan fingerprint density at radius 3 is 2.80 bits per heavy atom. The third-order valence-corrected chi connectivity index (χ3v) is 2.52. The number of nitrogen functional groups attached to an aromatic ring is 1. The van der Waals surface area contributed by atoms with E-state index in [2.05, 4.69) is 20.4 Å². The van der Waals surface area contributed by atoms with Crippen molar-refractivity contribution in [1.29, 1.82) is 0 Å². The number of hydrogen-bond donors (Lipinski definition) is 2. The highest BCUT2D eigenvalue weighted by Crippen LogP contribution is 2.25. The lowest BCUT2D eigenvalue weighted by Gasteiger charge is -2.07. The van der Waals surface area contributed by atoms with Crippen molar-refractivity contribution < 1.29 is 9.53 Å². The van der Waals surface area contributed by atoms with Crippen molar-refractivity contribution in [3.05, 3.63) is 24.2 Å². The van der Waals surface area contributed by atoms with E-state index in [1.807, 2.05) is 13.8 Å². The van der Waals surface area contributed by atoms with E-state index >= 15 is 0 Å². The first-order valence-electron chi connectivity index (χ1n) is 6.04. The van der Waals surface area contributed by atoms with E-state index in [1.165, 1.54) is 18.1 Å². The average Bonchev–Trinajstić information content (AvgIpc) is 2.75. The van der Waals surface area contributed by atoms with Crippen molar-refractivity contribution in [2.45, 2.75) is 19.9 Å². The number of esters is 1. The lowest BCUT2D eigenvalue weighted by atomic mass is 10.3. The van der Waals surface area contributed by atoms with Crippen LogP contribution in [0.1, 0.15) is 24.2 Å². The fourth-order valence-electron chi connectivity index (χ4n) is 1.69. The molecule has 3 N–H and O–H groups in total. The van der Waals surface area contributed by atoms with Gasteiger partial charge in [0.05, 0.1) is 7.11 Å². The van der Waals surface area contributed by atoms with E-state index in [-0.39, 0.29) is 17.4 Å². The molecule has 0 saturated carbocycles. The zero-order chi connectivity index (χ0) is 14.7. The molecule has 0 aliphatic carbocycles. The monoisotopic (exact) mass is 276 g/mol. The van der Waals surface area contributed by atoms with Crippen LogP contribution in [-0.4, -0.2) is 38.9 Å². The number of carbonyl (C=O) groups excluding carboxylic acids is 1. The zero-order valence-corrected chi connectivity index (χ0v) is 11.5. The Morgan fingerprint density at radius 2 is 2.25 bits per heavy atom. The number of ether oxygens (including phenoxy) is 1. The number of nitrogens with two attached hydrogens (primary N) is 1. The number of carbonyl (C=O) groups is 1. The molecule has 106 valence electrons. The second-order valence-electron chi connectivity index (χ2n) is 4.38. The van der Waals surface area contributed by atoms with Crippen molar-refractivity contribution in [3.8, 4) is 5.82 Å². The fourth-order valence-corrected chi connectivity index (χ4v) is 1.69. The SMILES string of the molecule is COC(=O)c1c(NC(C)C)nn(-c2ccncn2)c1N. The fraction of sp³-hybridized carbons (Fsp3) is 0.333. The summed E-state index contributed by atoms with van der Waals surface area (Å²) in [6.45, 7) is 3.86. The molecule has 0 radical (unpaired) electrons. The lowest BCUT2D eigenvalue weighted by Crippen LogP contribution is -2.14. The largest absolute Gasteiger partial charge is 0.465 e. The highest BCUT2D eigenvalue weighted by Gasteiger charge is 2.24. The summed E-state index contributed by atoms with van der Waals surface area (Å²) in [6.07, 6.45) is 2.95. The van der Waals surface area contributed by atoms with Gasteiger partial charge in [0.2, 0.25) is 0 Å². The van der Waals surface area contributed by atoms with Gasteiger partial charge < -0.3 is 15.8 Å². The van der Waals surface area contributed by atoms with Crippen LogP contribution in [0.15, 0.2) is 18.6 Å². The summed E-state index contributed by atoms with van der Waals surface area (Å²) in [7, 11) is 1.29. The molecule has 0 atom stereocenters. The van der Waals surface area contributed by atoms with Crippen molar-refractivity contribution in [3.63, 3.8) is 0 Å². The van der Waals surface area contributed by atoms with Gasteiger partial charge in [0.15, 0.2) is 11.6 Å². The summed E-state index contributed by atoms with van der Waals surface area (Å²) >= 11 is 0. The first-order valence-corrected chi connectivity index (χ1v) is 6.04. The van der Waals surface area contributed by atoms with Gasteiger partial charge in [0, 0.05) is 18.3 Å². The van der Waals surface area contributed by atoms with E-state index < -0.39 is 5.97 Å². The Morgan fingerprint density at radius 1 is 1.50 bits per heavy atom. The summed E-state index contributed by atoms with van der Waals surface area (Å²) in [4.78, 5) is 19.7. The molecule has 8 nitrogen and oxygen atoms in total. The van der Waals surface area contributed by atoms with E-state index in [9.17, 15) is 4.79 Å². The Bertz CT molecular complexity index is 608. The molecular weight excluding hydrogens is 260 g/mol. The minimum atomic E-state index is -0.550. The number of anilines is 2. The molecule has 0 aliphatic heterocycles. The number of aromatic nitrogens is 4. The van der Waals surface area contributed by atoms with Gasteiger partial charge in [0.1, 0.15) is 17.7 Å². The van der Waals surface area contributed by atoms with Gasteiger partial charge in [-0.05, 0) is 13.8 Å². The Kier molecular flexibility index (Phi) is 3.83. The van der Waals surface area contributed by atoms with E-state index in [0.29, 0.717) is 11.6 Å². The molecule has 0 spiro atoms. The van der Waals surface area contributed by atoms with Gasteiger partial charge in [-0.3, -0.25) is 0 Å². The maximum Gasteiger partial charge on any atom is 0.345 e. The lowest BCUT2D eigenvalue weighted by molar-refractivity contribution is 0.0603. The summed E-state index contributed by atoms with van der Waals surface area (Å²) in [5.74, 6) is 0.451. The van der Waals surface area contributed by atoms with Crippen LogP contribution < -0.4 is 11.1 Å². The molecule has 2 rings (SSSR count). The van der Waals surface area contributed by atoms with Gasteiger partial charge in [-0.25, -0.2) is 14.8 Å². The van der Waals surface area contributed by atoms with Crippen molar-refractivity contribution in [2.24, 2.45) is 0 Å². The van der Waals surface area contributed by atoms with Crippen LogP contribution in [-0.2, 0) is 4.74 Å². The highest BCUT2D eigenvalue weighted by molar-refractivity contribution is 5.99. The molecule has 2 heterocycles. The van der Waals surface area contributed by atoms with Crippen molar-refractivity contribution in [1.82, 2.24) is 19.7 Å². The zero-order valence-electron chi connectivity index (χ0n) is 11.5. The maximum atomic E-state index is 11.9. The van der Waals surface area contributed by atoms with Crippen LogP contribution >= 0.6 is 0 Å². The third-order valence-electron chi connectivity index (χ3n) is 2.52. The topological polar surface area (TPSA) is 108 Å². The molecule has 0 aromatic carbocycles. The molecule has 0 amide bonds. The van der Waals surface area contributed by atoms with Crippen LogP contribution in [0.3, 0.4) is 0 Å². The molecule has 0 unspecified atom stereocenters. The van der Waals surface area contributed by atoms with E-state index in [4.69, 9.17) is 10.5 Å². The molecule has 20 heavy (non-hydrogen) atoms. The summed E-state index contributed by atoms with van der Waals surface area (Å²) in [6, 6.07) is 1.73. The molecule has 0 saturated heterocycles. The van der Waals surface area contributed by atoms with Gasteiger partial charge in [0.25, 0.3) is 0 Å². The van der Waals surface area contributed by atoms with Crippen molar-refractivity contribution >= 4 is 17.6 Å². The molecule has 0 fully saturated rings. The molecule has 8 heteroatoms. The smallest absolute Gasteiger partial charge is 0.345 e. The van der Waals surface area contributed by atoms with Crippen LogP contribution in [0.5, 0.6) is 0 Å². The van der Waals surface area contributed by atoms with Crippen LogP contribution in [0.2, 0.25) is 0 Å². The summed E-state index contributed by atoms with van der Waals surface area (Å²) in [5.41, 5.74) is 6.18. The quantitative estimate of drug-likeness (QED) is 0.797. The average molecular weight is 276 g/mol. The second kappa shape index (κ2) is 5.55. The normalized spacial score (nSPS) is 10.6.